The van der Waals surface area contributed by atoms with Gasteiger partial charge in [0.15, 0.2) is 0 Å². The molecule has 0 spiro atoms. The van der Waals surface area contributed by atoms with Gasteiger partial charge in [0.05, 0.1) is 6.42 Å². The summed E-state index contributed by atoms with van der Waals surface area (Å²) in [5.74, 6) is -0.0700. The van der Waals surface area contributed by atoms with E-state index < -0.39 is 0 Å². The maximum absolute atomic E-state index is 11.7. The van der Waals surface area contributed by atoms with Crippen LogP contribution in [0.2, 0.25) is 0 Å². The van der Waals surface area contributed by atoms with Crippen molar-refractivity contribution in [1.82, 2.24) is 0 Å². The molecule has 0 atom stereocenters. The molecule has 1 heterocycles. The Labute approximate surface area is 103 Å². The van der Waals surface area contributed by atoms with Gasteiger partial charge in [-0.25, -0.2) is 0 Å². The third kappa shape index (κ3) is 2.16. The Kier molecular flexibility index (Phi) is 3.10. The summed E-state index contributed by atoms with van der Waals surface area (Å²) in [4.78, 5) is 24.5. The van der Waals surface area contributed by atoms with Crippen LogP contribution in [-0.2, 0) is 9.59 Å². The van der Waals surface area contributed by atoms with Crippen molar-refractivity contribution in [1.29, 1.82) is 0 Å². The van der Waals surface area contributed by atoms with Crippen molar-refractivity contribution >= 4 is 33.3 Å². The molecule has 0 unspecified atom stereocenters. The number of nitrogens with zero attached hydrogens (tertiary/aromatic N) is 1. The van der Waals surface area contributed by atoms with Gasteiger partial charge in [0, 0.05) is 23.1 Å². The number of carbonyl (C=O) groups is 2. The number of piperidine rings is 1. The van der Waals surface area contributed by atoms with E-state index in [0.29, 0.717) is 13.0 Å². The molecule has 0 radical (unpaired) electrons. The van der Waals surface area contributed by atoms with E-state index in [-0.39, 0.29) is 18.1 Å². The maximum atomic E-state index is 11.7. The molecule has 0 saturated carbocycles. The van der Waals surface area contributed by atoms with Crippen molar-refractivity contribution in [3.8, 4) is 0 Å². The van der Waals surface area contributed by atoms with Crippen LogP contribution in [0.15, 0.2) is 22.7 Å². The third-order valence-electron chi connectivity index (χ3n) is 2.73. The van der Waals surface area contributed by atoms with Crippen LogP contribution in [0.25, 0.3) is 0 Å². The summed E-state index contributed by atoms with van der Waals surface area (Å²) in [6, 6.07) is 5.79. The predicted octanol–water partition coefficient (Wildman–Crippen LogP) is 2.45. The molecular formula is C12H12BrNO2. The van der Waals surface area contributed by atoms with Crippen molar-refractivity contribution in [2.75, 3.05) is 11.4 Å². The molecule has 1 aromatic carbocycles. The molecule has 84 valence electrons. The van der Waals surface area contributed by atoms with Crippen LogP contribution < -0.4 is 4.90 Å². The molecule has 0 bridgehead atoms. The highest BCUT2D eigenvalue weighted by molar-refractivity contribution is 9.10. The molecule has 1 aromatic rings. The molecule has 16 heavy (non-hydrogen) atoms. The highest BCUT2D eigenvalue weighted by Gasteiger charge is 2.24. The van der Waals surface area contributed by atoms with Gasteiger partial charge < -0.3 is 4.90 Å². The summed E-state index contributed by atoms with van der Waals surface area (Å²) in [5.41, 5.74) is 1.99. The lowest BCUT2D eigenvalue weighted by atomic mass is 10.1. The third-order valence-corrected chi connectivity index (χ3v) is 3.59. The number of halogens is 1. The molecule has 2 rings (SSSR count). The zero-order chi connectivity index (χ0) is 11.7. The molecular weight excluding hydrogens is 270 g/mol. The molecule has 0 aliphatic carbocycles. The number of aryl methyl sites for hydroxylation is 1. The number of benzene rings is 1. The monoisotopic (exact) mass is 281 g/mol. The van der Waals surface area contributed by atoms with Crippen molar-refractivity contribution < 1.29 is 9.59 Å². The van der Waals surface area contributed by atoms with E-state index in [2.05, 4.69) is 15.9 Å². The van der Waals surface area contributed by atoms with E-state index in [4.69, 9.17) is 0 Å². The molecule has 1 amide bonds. The number of hydrogen-bond donors (Lipinski definition) is 0. The normalized spacial score (nSPS) is 16.8. The van der Waals surface area contributed by atoms with Crippen LogP contribution in [0.4, 0.5) is 5.69 Å². The van der Waals surface area contributed by atoms with E-state index in [9.17, 15) is 9.59 Å². The topological polar surface area (TPSA) is 37.4 Å². The van der Waals surface area contributed by atoms with Gasteiger partial charge in [-0.15, -0.1) is 0 Å². The first-order chi connectivity index (χ1) is 7.58. The van der Waals surface area contributed by atoms with Crippen molar-refractivity contribution in [3.63, 3.8) is 0 Å². The number of Topliss-reactive ketones (excluding diaryl/α,β-unsaturated/α-hetero) is 1. The average molecular weight is 282 g/mol. The second kappa shape index (κ2) is 4.37. The van der Waals surface area contributed by atoms with E-state index in [1.807, 2.05) is 25.1 Å². The van der Waals surface area contributed by atoms with Crippen LogP contribution in [0.3, 0.4) is 0 Å². The Balaban J connectivity index is 2.27. The zero-order valence-electron chi connectivity index (χ0n) is 9.00. The van der Waals surface area contributed by atoms with Gasteiger partial charge in [-0.05, 0) is 24.6 Å². The summed E-state index contributed by atoms with van der Waals surface area (Å²) >= 11 is 3.44. The molecule has 0 N–H and O–H groups in total. The number of rotatable bonds is 1. The molecule has 3 nitrogen and oxygen atoms in total. The minimum absolute atomic E-state index is 0.0332. The van der Waals surface area contributed by atoms with Crippen LogP contribution >= 0.6 is 15.9 Å². The van der Waals surface area contributed by atoms with Crippen LogP contribution in [0, 0.1) is 6.92 Å². The minimum atomic E-state index is -0.105. The average Bonchev–Trinajstić information content (AvgIpc) is 2.22. The fourth-order valence-electron chi connectivity index (χ4n) is 1.74. The quantitative estimate of drug-likeness (QED) is 0.742. The molecule has 1 saturated heterocycles. The largest absolute Gasteiger partial charge is 0.312 e. The smallest absolute Gasteiger partial charge is 0.234 e. The first kappa shape index (κ1) is 11.3. The molecule has 1 aliphatic heterocycles. The van der Waals surface area contributed by atoms with Crippen molar-refractivity contribution in [2.24, 2.45) is 0 Å². The van der Waals surface area contributed by atoms with Gasteiger partial charge in [-0.3, -0.25) is 9.59 Å². The van der Waals surface area contributed by atoms with E-state index >= 15 is 0 Å². The Morgan fingerprint density at radius 3 is 2.69 bits per heavy atom. The fourth-order valence-corrected chi connectivity index (χ4v) is 2.10. The van der Waals surface area contributed by atoms with Gasteiger partial charge in [0.25, 0.3) is 0 Å². The highest BCUT2D eigenvalue weighted by Crippen LogP contribution is 2.25. The number of ketones is 1. The number of amides is 1. The second-order valence-electron chi connectivity index (χ2n) is 3.94. The van der Waals surface area contributed by atoms with Crippen molar-refractivity contribution in [2.45, 2.75) is 19.8 Å². The maximum Gasteiger partial charge on any atom is 0.234 e. The second-order valence-corrected chi connectivity index (χ2v) is 4.80. The lowest BCUT2D eigenvalue weighted by molar-refractivity contribution is -0.128. The highest BCUT2D eigenvalue weighted by atomic mass is 79.9. The summed E-state index contributed by atoms with van der Waals surface area (Å²) in [6.45, 7) is 2.49. The minimum Gasteiger partial charge on any atom is -0.312 e. The number of hydrogen-bond acceptors (Lipinski definition) is 2. The van der Waals surface area contributed by atoms with Gasteiger partial charge in [-0.2, -0.15) is 0 Å². The Hall–Kier alpha value is -1.16. The van der Waals surface area contributed by atoms with Gasteiger partial charge in [0.1, 0.15) is 5.78 Å². The van der Waals surface area contributed by atoms with Gasteiger partial charge >= 0.3 is 0 Å². The summed E-state index contributed by atoms with van der Waals surface area (Å²) in [6.07, 6.45) is 0.489. The van der Waals surface area contributed by atoms with E-state index in [0.717, 1.165) is 15.7 Å². The Bertz CT molecular complexity index is 456. The zero-order valence-corrected chi connectivity index (χ0v) is 10.6. The van der Waals surface area contributed by atoms with Gasteiger partial charge in [0.2, 0.25) is 5.91 Å². The van der Waals surface area contributed by atoms with E-state index in [1.165, 1.54) is 0 Å². The molecule has 4 heteroatoms. The number of carbonyl (C=O) groups excluding carboxylic acids is 2. The fraction of sp³-hybridized carbons (Fsp3) is 0.333. The first-order valence-corrected chi connectivity index (χ1v) is 5.95. The van der Waals surface area contributed by atoms with Crippen LogP contribution in [0.5, 0.6) is 0 Å². The molecule has 1 aliphatic rings. The first-order valence-electron chi connectivity index (χ1n) is 5.16. The lowest BCUT2D eigenvalue weighted by Crippen LogP contribution is -2.39. The standard InChI is InChI=1S/C12H12BrNO2/c1-8-2-3-9(6-11(8)13)14-5-4-10(15)7-12(14)16/h2-3,6H,4-5,7H2,1H3. The predicted molar refractivity (Wildman–Crippen MR) is 65.5 cm³/mol. The SMILES string of the molecule is Cc1ccc(N2CCC(=O)CC2=O)cc1Br. The van der Waals surface area contributed by atoms with Gasteiger partial charge in [-0.1, -0.05) is 22.0 Å². The molecule has 0 aromatic heterocycles. The van der Waals surface area contributed by atoms with E-state index in [1.54, 1.807) is 4.90 Å². The lowest BCUT2D eigenvalue weighted by Gasteiger charge is -2.26. The summed E-state index contributed by atoms with van der Waals surface area (Å²) in [5, 5.41) is 0. The Morgan fingerprint density at radius 2 is 2.06 bits per heavy atom. The summed E-state index contributed by atoms with van der Waals surface area (Å²) in [7, 11) is 0. The molecule has 1 fully saturated rings. The van der Waals surface area contributed by atoms with Crippen LogP contribution in [0.1, 0.15) is 18.4 Å². The van der Waals surface area contributed by atoms with Crippen LogP contribution in [-0.4, -0.2) is 18.2 Å². The Morgan fingerprint density at radius 1 is 1.31 bits per heavy atom. The summed E-state index contributed by atoms with van der Waals surface area (Å²) < 4.78 is 0.981. The number of anilines is 1. The van der Waals surface area contributed by atoms with Crippen molar-refractivity contribution in [3.05, 3.63) is 28.2 Å².